The number of nitrogens with one attached hydrogen (secondary N) is 2. The Morgan fingerprint density at radius 2 is 1.87 bits per heavy atom. The quantitative estimate of drug-likeness (QED) is 0.592. The van der Waals surface area contributed by atoms with Gasteiger partial charge >= 0.3 is 0 Å². The molecule has 0 fully saturated rings. The first-order chi connectivity index (χ1) is 14.4. The summed E-state index contributed by atoms with van der Waals surface area (Å²) in [5.41, 5.74) is 6.88. The highest BCUT2D eigenvalue weighted by atomic mass is 32.1. The van der Waals surface area contributed by atoms with E-state index in [2.05, 4.69) is 10.6 Å². The van der Waals surface area contributed by atoms with Crippen LogP contribution in [0.2, 0.25) is 0 Å². The highest BCUT2D eigenvalue weighted by Gasteiger charge is 2.22. The Morgan fingerprint density at radius 3 is 2.67 bits per heavy atom. The number of hydrogen-bond donors (Lipinski definition) is 3. The molecule has 8 nitrogen and oxygen atoms in total. The van der Waals surface area contributed by atoms with Gasteiger partial charge in [0.1, 0.15) is 0 Å². The van der Waals surface area contributed by atoms with Crippen LogP contribution in [-0.2, 0) is 27.3 Å². The van der Waals surface area contributed by atoms with Crippen LogP contribution >= 0.6 is 11.3 Å². The Hall–Kier alpha value is -3.20. The van der Waals surface area contributed by atoms with E-state index < -0.39 is 11.8 Å². The molecule has 0 saturated heterocycles. The molecule has 9 heteroatoms. The first-order valence-corrected chi connectivity index (χ1v) is 10.6. The van der Waals surface area contributed by atoms with Gasteiger partial charge < -0.3 is 21.3 Å². The third kappa shape index (κ3) is 5.66. The van der Waals surface area contributed by atoms with E-state index in [1.165, 1.54) is 10.4 Å². The smallest absolute Gasteiger partial charge is 0.253 e. The fraction of sp³-hybridized carbons (Fsp3) is 0.333. The van der Waals surface area contributed by atoms with Gasteiger partial charge in [-0.25, -0.2) is 0 Å². The van der Waals surface area contributed by atoms with E-state index >= 15 is 0 Å². The molecule has 1 aliphatic heterocycles. The van der Waals surface area contributed by atoms with Crippen molar-refractivity contribution < 1.29 is 19.2 Å². The van der Waals surface area contributed by atoms with E-state index in [0.717, 1.165) is 6.42 Å². The van der Waals surface area contributed by atoms with Gasteiger partial charge in [0, 0.05) is 43.8 Å². The molecule has 1 aromatic carbocycles. The fourth-order valence-electron chi connectivity index (χ4n) is 3.24. The molecule has 0 unspecified atom stereocenters. The molecule has 0 saturated carbocycles. The van der Waals surface area contributed by atoms with Crippen molar-refractivity contribution in [2.45, 2.75) is 32.2 Å². The van der Waals surface area contributed by atoms with Crippen molar-refractivity contribution in [3.8, 4) is 0 Å². The molecule has 0 radical (unpaired) electrons. The lowest BCUT2D eigenvalue weighted by Crippen LogP contribution is -2.35. The molecule has 158 valence electrons. The molecule has 0 aliphatic carbocycles. The number of fused-ring (bicyclic) bond motifs is 1. The number of amides is 4. The number of benzene rings is 1. The summed E-state index contributed by atoms with van der Waals surface area (Å²) in [7, 11) is 0. The summed E-state index contributed by atoms with van der Waals surface area (Å²) >= 11 is 1.71. The first-order valence-electron chi connectivity index (χ1n) is 9.72. The van der Waals surface area contributed by atoms with Crippen molar-refractivity contribution in [1.29, 1.82) is 0 Å². The summed E-state index contributed by atoms with van der Waals surface area (Å²) < 4.78 is 0. The molecule has 1 aromatic heterocycles. The third-order valence-electron chi connectivity index (χ3n) is 4.83. The minimum atomic E-state index is -0.509. The molecular weight excluding hydrogens is 404 g/mol. The zero-order valence-corrected chi connectivity index (χ0v) is 17.3. The minimum Gasteiger partial charge on any atom is -0.370 e. The number of nitrogens with zero attached hydrogens (tertiary/aromatic N) is 1. The number of hydrogen-bond acceptors (Lipinski definition) is 5. The van der Waals surface area contributed by atoms with Gasteiger partial charge in [-0.1, -0.05) is 12.1 Å². The van der Waals surface area contributed by atoms with Crippen LogP contribution in [-0.4, -0.2) is 41.6 Å². The van der Waals surface area contributed by atoms with Gasteiger partial charge in [0.05, 0.1) is 11.3 Å². The molecule has 2 heterocycles. The molecule has 0 atom stereocenters. The molecule has 1 aliphatic rings. The van der Waals surface area contributed by atoms with Crippen molar-refractivity contribution in [1.82, 2.24) is 10.2 Å². The number of nitrogens with two attached hydrogens (primary N) is 1. The van der Waals surface area contributed by atoms with Gasteiger partial charge in [0.2, 0.25) is 17.7 Å². The van der Waals surface area contributed by atoms with E-state index in [4.69, 9.17) is 5.73 Å². The Bertz CT molecular complexity index is 956. The topological polar surface area (TPSA) is 122 Å². The van der Waals surface area contributed by atoms with Crippen LogP contribution in [0.3, 0.4) is 0 Å². The summed E-state index contributed by atoms with van der Waals surface area (Å²) in [4.78, 5) is 51.1. The second kappa shape index (κ2) is 10.0. The van der Waals surface area contributed by atoms with Crippen LogP contribution in [0.4, 0.5) is 5.69 Å². The van der Waals surface area contributed by atoms with Gasteiger partial charge in [-0.15, -0.1) is 11.3 Å². The van der Waals surface area contributed by atoms with Crippen LogP contribution in [0, 0.1) is 0 Å². The van der Waals surface area contributed by atoms with Crippen LogP contribution in [0.25, 0.3) is 0 Å². The number of carbonyl (C=O) groups excluding carboxylic acids is 4. The maximum Gasteiger partial charge on any atom is 0.253 e. The van der Waals surface area contributed by atoms with Gasteiger partial charge in [-0.3, -0.25) is 19.2 Å². The van der Waals surface area contributed by atoms with Gasteiger partial charge in [-0.05, 0) is 35.6 Å². The van der Waals surface area contributed by atoms with E-state index in [-0.39, 0.29) is 43.2 Å². The largest absolute Gasteiger partial charge is 0.370 e. The molecule has 0 spiro atoms. The number of carbonyl (C=O) groups is 4. The predicted octanol–water partition coefficient (Wildman–Crippen LogP) is 1.66. The lowest BCUT2D eigenvalue weighted by molar-refractivity contribution is -0.133. The molecule has 30 heavy (non-hydrogen) atoms. The number of anilines is 1. The Kier molecular flexibility index (Phi) is 7.18. The standard InChI is InChI=1S/C21H24N4O4S/c22-18(26)7-10-23-21(29)15-3-1-2-4-16(15)24-19(27)5-6-20(28)25-11-8-17-14(13-25)9-12-30-17/h1-4,9,12H,5-8,10-11,13H2,(H2,22,26)(H,23,29)(H,24,27). The number of primary amides is 1. The number of para-hydroxylation sites is 1. The molecule has 4 amide bonds. The highest BCUT2D eigenvalue weighted by molar-refractivity contribution is 7.10. The predicted molar refractivity (Wildman–Crippen MR) is 114 cm³/mol. The lowest BCUT2D eigenvalue weighted by Gasteiger charge is -2.27. The van der Waals surface area contributed by atoms with E-state index in [1.807, 2.05) is 11.4 Å². The number of thiophene rings is 1. The molecule has 0 bridgehead atoms. The Labute approximate surface area is 178 Å². The number of rotatable bonds is 8. The average Bonchev–Trinajstić information content (AvgIpc) is 3.20. The van der Waals surface area contributed by atoms with Crippen molar-refractivity contribution in [2.24, 2.45) is 5.73 Å². The monoisotopic (exact) mass is 428 g/mol. The van der Waals surface area contributed by atoms with Crippen molar-refractivity contribution >= 4 is 40.7 Å². The zero-order chi connectivity index (χ0) is 21.5. The normalized spacial score (nSPS) is 12.7. The van der Waals surface area contributed by atoms with Crippen LogP contribution in [0.5, 0.6) is 0 Å². The van der Waals surface area contributed by atoms with Gasteiger partial charge in [0.25, 0.3) is 5.91 Å². The lowest BCUT2D eigenvalue weighted by atomic mass is 10.1. The Morgan fingerprint density at radius 1 is 1.07 bits per heavy atom. The van der Waals surface area contributed by atoms with Crippen molar-refractivity contribution in [3.63, 3.8) is 0 Å². The summed E-state index contributed by atoms with van der Waals surface area (Å²) in [5, 5.41) is 7.33. The van der Waals surface area contributed by atoms with Crippen molar-refractivity contribution in [3.05, 3.63) is 51.7 Å². The maximum absolute atomic E-state index is 12.5. The third-order valence-corrected chi connectivity index (χ3v) is 5.85. The molecular formula is C21H24N4O4S. The second-order valence-electron chi connectivity index (χ2n) is 7.00. The summed E-state index contributed by atoms with van der Waals surface area (Å²) in [5.74, 6) is -1.32. The SMILES string of the molecule is NC(=O)CCNC(=O)c1ccccc1NC(=O)CCC(=O)N1CCc2sccc2C1. The maximum atomic E-state index is 12.5. The summed E-state index contributed by atoms with van der Waals surface area (Å²) in [6, 6.07) is 8.61. The van der Waals surface area contributed by atoms with Gasteiger partial charge in [-0.2, -0.15) is 0 Å². The van der Waals surface area contributed by atoms with Crippen LogP contribution in [0.15, 0.2) is 35.7 Å². The van der Waals surface area contributed by atoms with E-state index in [0.29, 0.717) is 18.8 Å². The fourth-order valence-corrected chi connectivity index (χ4v) is 4.13. The van der Waals surface area contributed by atoms with Gasteiger partial charge in [0.15, 0.2) is 0 Å². The summed E-state index contributed by atoms with van der Waals surface area (Å²) in [6.45, 7) is 1.38. The second-order valence-corrected chi connectivity index (χ2v) is 8.00. The van der Waals surface area contributed by atoms with Crippen LogP contribution < -0.4 is 16.4 Å². The minimum absolute atomic E-state index is 0.0312. The van der Waals surface area contributed by atoms with E-state index in [9.17, 15) is 19.2 Å². The highest BCUT2D eigenvalue weighted by Crippen LogP contribution is 2.24. The Balaban J connectivity index is 1.51. The molecule has 2 aromatic rings. The van der Waals surface area contributed by atoms with Crippen molar-refractivity contribution in [2.75, 3.05) is 18.4 Å². The first kappa shape index (κ1) is 21.5. The molecule has 3 rings (SSSR count). The molecule has 4 N–H and O–H groups in total. The summed E-state index contributed by atoms with van der Waals surface area (Å²) in [6.07, 6.45) is 1.02. The van der Waals surface area contributed by atoms with E-state index in [1.54, 1.807) is 40.5 Å². The average molecular weight is 429 g/mol. The van der Waals surface area contributed by atoms with Crippen LogP contribution in [0.1, 0.15) is 40.1 Å². The zero-order valence-electron chi connectivity index (χ0n) is 16.5.